The Balaban J connectivity index is 1.64. The van der Waals surface area contributed by atoms with Crippen molar-refractivity contribution in [2.45, 2.75) is 12.8 Å². The van der Waals surface area contributed by atoms with E-state index in [1.54, 1.807) is 0 Å². The number of aromatic nitrogens is 2. The highest BCUT2D eigenvalue weighted by Gasteiger charge is 2.10. The molecule has 0 saturated carbocycles. The second kappa shape index (κ2) is 8.45. The fourth-order valence-electron chi connectivity index (χ4n) is 3.35. The molecule has 3 aromatic rings. The van der Waals surface area contributed by atoms with Crippen LogP contribution in [0.4, 0.5) is 0 Å². The zero-order valence-electron chi connectivity index (χ0n) is 15.3. The normalized spacial score (nSPS) is 14.4. The van der Waals surface area contributed by atoms with Gasteiger partial charge in [-0.05, 0) is 42.8 Å². The summed E-state index contributed by atoms with van der Waals surface area (Å²) in [5.41, 5.74) is 5.09. The Kier molecular flexibility index (Phi) is 5.39. The second-order valence-electron chi connectivity index (χ2n) is 6.71. The van der Waals surface area contributed by atoms with Crippen LogP contribution in [0.15, 0.2) is 85.1 Å². The zero-order chi connectivity index (χ0) is 18.3. The Hall–Kier alpha value is -3.20. The molecule has 4 rings (SSSR count). The fourth-order valence-corrected chi connectivity index (χ4v) is 3.35. The molecule has 1 saturated heterocycles. The smallest absolute Gasteiger partial charge is 0.101 e. The number of nitrogens with zero attached hydrogens (tertiary/aromatic N) is 3. The molecule has 0 amide bonds. The SMILES string of the molecule is C(=C/c1cc(-c2ccccc2)c(-c2ccccc2)nn1)/C=C/N1CCCC1. The van der Waals surface area contributed by atoms with Gasteiger partial charge in [-0.15, -0.1) is 5.10 Å². The van der Waals surface area contributed by atoms with Crippen LogP contribution in [0.2, 0.25) is 0 Å². The maximum atomic E-state index is 4.55. The van der Waals surface area contributed by atoms with E-state index in [1.807, 2.05) is 36.4 Å². The Morgan fingerprint density at radius 1 is 0.741 bits per heavy atom. The summed E-state index contributed by atoms with van der Waals surface area (Å²) in [5.74, 6) is 0. The fraction of sp³-hybridized carbons (Fsp3) is 0.167. The van der Waals surface area contributed by atoms with Crippen LogP contribution < -0.4 is 0 Å². The van der Waals surface area contributed by atoms with E-state index in [0.717, 1.165) is 41.2 Å². The van der Waals surface area contributed by atoms with Gasteiger partial charge in [-0.3, -0.25) is 0 Å². The summed E-state index contributed by atoms with van der Waals surface area (Å²) in [6.07, 6.45) is 10.9. The first-order chi connectivity index (χ1) is 13.4. The van der Waals surface area contributed by atoms with E-state index in [0.29, 0.717) is 0 Å². The molecule has 1 aliphatic rings. The van der Waals surface area contributed by atoms with Crippen molar-refractivity contribution < 1.29 is 0 Å². The number of rotatable bonds is 5. The van der Waals surface area contributed by atoms with Gasteiger partial charge in [0.1, 0.15) is 5.69 Å². The van der Waals surface area contributed by atoms with Gasteiger partial charge in [0, 0.05) is 24.2 Å². The molecule has 0 radical (unpaired) electrons. The van der Waals surface area contributed by atoms with Crippen molar-refractivity contribution >= 4 is 6.08 Å². The van der Waals surface area contributed by atoms with Crippen molar-refractivity contribution in [2.75, 3.05) is 13.1 Å². The molecule has 0 unspecified atom stereocenters. The zero-order valence-corrected chi connectivity index (χ0v) is 15.3. The lowest BCUT2D eigenvalue weighted by atomic mass is 9.99. The molecular weight excluding hydrogens is 330 g/mol. The van der Waals surface area contributed by atoms with E-state index < -0.39 is 0 Å². The molecule has 0 N–H and O–H groups in total. The van der Waals surface area contributed by atoms with Crippen molar-refractivity contribution in [3.05, 3.63) is 90.8 Å². The molecule has 1 fully saturated rings. The Bertz CT molecular complexity index is 924. The molecule has 134 valence electrons. The van der Waals surface area contributed by atoms with Crippen LogP contribution in [-0.4, -0.2) is 28.2 Å². The molecule has 1 aromatic heterocycles. The minimum atomic E-state index is 0.861. The van der Waals surface area contributed by atoms with Crippen LogP contribution >= 0.6 is 0 Å². The first kappa shape index (κ1) is 17.2. The van der Waals surface area contributed by atoms with Crippen LogP contribution in [-0.2, 0) is 0 Å². The van der Waals surface area contributed by atoms with Crippen LogP contribution in [0.25, 0.3) is 28.5 Å². The molecule has 1 aliphatic heterocycles. The lowest BCUT2D eigenvalue weighted by Gasteiger charge is -2.10. The van der Waals surface area contributed by atoms with Crippen molar-refractivity contribution in [1.82, 2.24) is 15.1 Å². The quantitative estimate of drug-likeness (QED) is 0.573. The van der Waals surface area contributed by atoms with Gasteiger partial charge in [0.15, 0.2) is 0 Å². The Morgan fingerprint density at radius 2 is 1.41 bits per heavy atom. The summed E-state index contributed by atoms with van der Waals surface area (Å²) in [4.78, 5) is 2.35. The highest BCUT2D eigenvalue weighted by molar-refractivity contribution is 5.81. The maximum absolute atomic E-state index is 4.55. The summed E-state index contributed by atoms with van der Waals surface area (Å²) < 4.78 is 0. The van der Waals surface area contributed by atoms with Crippen molar-refractivity contribution in [1.29, 1.82) is 0 Å². The topological polar surface area (TPSA) is 29.0 Å². The third-order valence-corrected chi connectivity index (χ3v) is 4.76. The number of likely N-dealkylation sites (tertiary alicyclic amines) is 1. The summed E-state index contributed by atoms with van der Waals surface area (Å²) in [6.45, 7) is 2.32. The van der Waals surface area contributed by atoms with Crippen LogP contribution in [0.5, 0.6) is 0 Å². The molecule has 3 heteroatoms. The maximum Gasteiger partial charge on any atom is 0.101 e. The van der Waals surface area contributed by atoms with Crippen molar-refractivity contribution in [3.63, 3.8) is 0 Å². The average Bonchev–Trinajstić information content (AvgIpc) is 3.26. The Morgan fingerprint density at radius 3 is 2.11 bits per heavy atom. The second-order valence-corrected chi connectivity index (χ2v) is 6.71. The largest absolute Gasteiger partial charge is 0.377 e. The number of hydrogen-bond acceptors (Lipinski definition) is 3. The van der Waals surface area contributed by atoms with E-state index in [9.17, 15) is 0 Å². The van der Waals surface area contributed by atoms with Gasteiger partial charge in [-0.1, -0.05) is 66.7 Å². The van der Waals surface area contributed by atoms with E-state index in [4.69, 9.17) is 0 Å². The van der Waals surface area contributed by atoms with Crippen LogP contribution in [0.1, 0.15) is 18.5 Å². The molecule has 2 aromatic carbocycles. The third kappa shape index (κ3) is 4.32. The van der Waals surface area contributed by atoms with Gasteiger partial charge in [0.25, 0.3) is 0 Å². The third-order valence-electron chi connectivity index (χ3n) is 4.76. The van der Waals surface area contributed by atoms with E-state index >= 15 is 0 Å². The summed E-state index contributed by atoms with van der Waals surface area (Å²) in [6, 6.07) is 22.7. The van der Waals surface area contributed by atoms with Gasteiger partial charge in [0.05, 0.1) is 5.69 Å². The van der Waals surface area contributed by atoms with Gasteiger partial charge in [-0.25, -0.2) is 0 Å². The molecule has 3 nitrogen and oxygen atoms in total. The van der Waals surface area contributed by atoms with Crippen molar-refractivity contribution in [2.24, 2.45) is 0 Å². The summed E-state index contributed by atoms with van der Waals surface area (Å²) >= 11 is 0. The van der Waals surface area contributed by atoms with Gasteiger partial charge < -0.3 is 4.90 Å². The first-order valence-corrected chi connectivity index (χ1v) is 9.48. The number of allylic oxidation sites excluding steroid dienone is 2. The number of hydrogen-bond donors (Lipinski definition) is 0. The minimum absolute atomic E-state index is 0.861. The van der Waals surface area contributed by atoms with Crippen LogP contribution in [0, 0.1) is 0 Å². The average molecular weight is 353 g/mol. The van der Waals surface area contributed by atoms with Crippen molar-refractivity contribution in [3.8, 4) is 22.4 Å². The predicted molar refractivity (Wildman–Crippen MR) is 112 cm³/mol. The molecular formula is C24H23N3. The Labute approximate surface area is 160 Å². The molecule has 0 spiro atoms. The first-order valence-electron chi connectivity index (χ1n) is 9.48. The summed E-state index contributed by atoms with van der Waals surface area (Å²) in [5, 5.41) is 8.97. The predicted octanol–water partition coefficient (Wildman–Crippen LogP) is 5.43. The highest BCUT2D eigenvalue weighted by atomic mass is 15.1. The lowest BCUT2D eigenvalue weighted by Crippen LogP contribution is -2.09. The van der Waals surface area contributed by atoms with Gasteiger partial charge >= 0.3 is 0 Å². The molecule has 0 bridgehead atoms. The standard InChI is InChI=1S/C24H23N3/c1-3-11-20(12-4-1)23-19-22(15-7-8-16-27-17-9-10-18-27)25-26-24(23)21-13-5-2-6-14-21/h1-8,11-16,19H,9-10,17-18H2/b15-7-,16-8+. The lowest BCUT2D eigenvalue weighted by molar-refractivity contribution is 0.468. The van der Waals surface area contributed by atoms with E-state index in [2.05, 4.69) is 69.8 Å². The monoisotopic (exact) mass is 353 g/mol. The number of benzene rings is 2. The van der Waals surface area contributed by atoms with Gasteiger partial charge in [0.2, 0.25) is 0 Å². The molecule has 27 heavy (non-hydrogen) atoms. The van der Waals surface area contributed by atoms with E-state index in [-0.39, 0.29) is 0 Å². The summed E-state index contributed by atoms with van der Waals surface area (Å²) in [7, 11) is 0. The highest BCUT2D eigenvalue weighted by Crippen LogP contribution is 2.30. The van der Waals surface area contributed by atoms with Gasteiger partial charge in [-0.2, -0.15) is 5.10 Å². The van der Waals surface area contributed by atoms with E-state index in [1.165, 1.54) is 12.8 Å². The van der Waals surface area contributed by atoms with Crippen LogP contribution in [0.3, 0.4) is 0 Å². The molecule has 2 heterocycles. The minimum Gasteiger partial charge on any atom is -0.377 e. The molecule has 0 atom stereocenters. The molecule has 0 aliphatic carbocycles.